The van der Waals surface area contributed by atoms with Crippen molar-refractivity contribution in [3.8, 4) is 5.75 Å². The van der Waals surface area contributed by atoms with E-state index >= 15 is 0 Å². The molecular formula is C20H14F4N2O4S. The first kappa shape index (κ1) is 21.0. The van der Waals surface area contributed by atoms with Crippen molar-refractivity contribution in [2.45, 2.75) is 26.0 Å². The summed E-state index contributed by atoms with van der Waals surface area (Å²) in [6.45, 7) is 1.49. The van der Waals surface area contributed by atoms with E-state index < -0.39 is 41.2 Å². The molecule has 0 saturated carbocycles. The van der Waals surface area contributed by atoms with E-state index in [2.05, 4.69) is 4.98 Å². The summed E-state index contributed by atoms with van der Waals surface area (Å²) in [6.07, 6.45) is -1.59. The van der Waals surface area contributed by atoms with E-state index in [9.17, 15) is 27.2 Å². The number of hydrogen-bond donors (Lipinski definition) is 0. The number of aromatic nitrogens is 1. The molecule has 1 atom stereocenters. The molecule has 162 valence electrons. The molecule has 2 heterocycles. The number of hydrogen-bond acceptors (Lipinski definition) is 6. The van der Waals surface area contributed by atoms with Crippen LogP contribution in [0, 0.1) is 23.3 Å². The molecule has 0 aliphatic carbocycles. The molecule has 0 N–H and O–H groups in total. The fraction of sp³-hybridized carbons (Fsp3) is 0.250. The average molecular weight is 454 g/mol. The van der Waals surface area contributed by atoms with E-state index in [0.717, 1.165) is 34.4 Å². The van der Waals surface area contributed by atoms with Gasteiger partial charge in [-0.3, -0.25) is 14.5 Å². The fourth-order valence-corrected chi connectivity index (χ4v) is 4.15. The van der Waals surface area contributed by atoms with E-state index in [-0.39, 0.29) is 46.2 Å². The highest BCUT2D eigenvalue weighted by Gasteiger charge is 2.37. The number of carbonyl (C=O) groups is 2. The third kappa shape index (κ3) is 3.92. The summed E-state index contributed by atoms with van der Waals surface area (Å²) in [7, 11) is 0. The lowest BCUT2D eigenvalue weighted by Crippen LogP contribution is -2.46. The minimum absolute atomic E-state index is 0.0854. The predicted molar refractivity (Wildman–Crippen MR) is 103 cm³/mol. The number of amides is 1. The maximum atomic E-state index is 14.1. The summed E-state index contributed by atoms with van der Waals surface area (Å²) in [4.78, 5) is 30.0. The Labute approximate surface area is 177 Å². The monoisotopic (exact) mass is 454 g/mol. The number of fused-ring (bicyclic) bond motifs is 2. The van der Waals surface area contributed by atoms with Crippen LogP contribution in [0.1, 0.15) is 18.4 Å². The summed E-state index contributed by atoms with van der Waals surface area (Å²) in [5.74, 6) is -6.18. The molecule has 1 aliphatic rings. The quantitative estimate of drug-likeness (QED) is 0.330. The minimum atomic E-state index is -1.62. The Morgan fingerprint density at radius 3 is 2.74 bits per heavy atom. The number of thiazole rings is 1. The van der Waals surface area contributed by atoms with Gasteiger partial charge in [0, 0.05) is 12.1 Å². The molecule has 11 heteroatoms. The van der Waals surface area contributed by atoms with Gasteiger partial charge in [-0.1, -0.05) is 0 Å². The molecule has 2 aromatic carbocycles. The summed E-state index contributed by atoms with van der Waals surface area (Å²) < 4.78 is 65.1. The van der Waals surface area contributed by atoms with Crippen LogP contribution in [0.15, 0.2) is 24.3 Å². The van der Waals surface area contributed by atoms with Gasteiger partial charge in [-0.15, -0.1) is 11.3 Å². The number of rotatable bonds is 5. The molecule has 1 aliphatic heterocycles. The second-order valence-electron chi connectivity index (χ2n) is 6.59. The van der Waals surface area contributed by atoms with E-state index in [1.165, 1.54) is 6.07 Å². The van der Waals surface area contributed by atoms with Crippen molar-refractivity contribution in [2.75, 3.05) is 11.5 Å². The van der Waals surface area contributed by atoms with Crippen molar-refractivity contribution in [3.05, 3.63) is 52.5 Å². The number of anilines is 1. The molecule has 6 nitrogen and oxygen atoms in total. The van der Waals surface area contributed by atoms with Crippen LogP contribution in [0.2, 0.25) is 0 Å². The lowest BCUT2D eigenvalue weighted by Gasteiger charge is -2.33. The third-order valence-electron chi connectivity index (χ3n) is 4.54. The molecular weight excluding hydrogens is 440 g/mol. The first-order chi connectivity index (χ1) is 14.8. The lowest BCUT2D eigenvalue weighted by atomic mass is 10.1. The highest BCUT2D eigenvalue weighted by atomic mass is 32.1. The SMILES string of the molecule is CCOC(=O)CC1Oc2ccc(F)cc2N(Cc2nc3cc(F)c(F)c(F)c3s2)C1=O. The molecule has 0 bridgehead atoms. The first-order valence-electron chi connectivity index (χ1n) is 9.14. The number of halogens is 4. The zero-order valence-electron chi connectivity index (χ0n) is 16.0. The summed E-state index contributed by atoms with van der Waals surface area (Å²) in [6, 6.07) is 4.27. The van der Waals surface area contributed by atoms with Crippen LogP contribution in [-0.2, 0) is 20.9 Å². The van der Waals surface area contributed by atoms with Crippen molar-refractivity contribution >= 4 is 39.1 Å². The van der Waals surface area contributed by atoms with Crippen LogP contribution in [0.5, 0.6) is 5.75 Å². The summed E-state index contributed by atoms with van der Waals surface area (Å²) in [5, 5.41) is 0.152. The Hall–Kier alpha value is -3.21. The largest absolute Gasteiger partial charge is 0.478 e. The average Bonchev–Trinajstić information content (AvgIpc) is 3.12. The maximum Gasteiger partial charge on any atom is 0.310 e. The molecule has 4 rings (SSSR count). The van der Waals surface area contributed by atoms with Gasteiger partial charge in [0.2, 0.25) is 0 Å². The number of esters is 1. The third-order valence-corrected chi connectivity index (χ3v) is 5.58. The molecule has 0 spiro atoms. The molecule has 0 radical (unpaired) electrons. The Balaban J connectivity index is 1.71. The van der Waals surface area contributed by atoms with E-state index in [1.807, 2.05) is 0 Å². The highest BCUT2D eigenvalue weighted by Crippen LogP contribution is 2.37. The Morgan fingerprint density at radius 2 is 2.00 bits per heavy atom. The van der Waals surface area contributed by atoms with Crippen molar-refractivity contribution < 1.29 is 36.6 Å². The van der Waals surface area contributed by atoms with E-state index in [4.69, 9.17) is 9.47 Å². The van der Waals surface area contributed by atoms with Gasteiger partial charge in [-0.2, -0.15) is 0 Å². The van der Waals surface area contributed by atoms with Crippen LogP contribution in [0.25, 0.3) is 10.2 Å². The second-order valence-corrected chi connectivity index (χ2v) is 7.68. The molecule has 1 unspecified atom stereocenters. The van der Waals surface area contributed by atoms with Gasteiger partial charge in [0.15, 0.2) is 23.6 Å². The molecule has 31 heavy (non-hydrogen) atoms. The zero-order valence-corrected chi connectivity index (χ0v) is 16.8. The number of carbonyl (C=O) groups excluding carboxylic acids is 2. The number of nitrogens with zero attached hydrogens (tertiary/aromatic N) is 2. The van der Waals surface area contributed by atoms with Gasteiger partial charge < -0.3 is 9.47 Å². The molecule has 0 fully saturated rings. The second kappa shape index (κ2) is 8.14. The minimum Gasteiger partial charge on any atom is -0.478 e. The first-order valence-corrected chi connectivity index (χ1v) is 9.96. The molecule has 3 aromatic rings. The molecule has 1 amide bonds. The number of benzene rings is 2. The zero-order chi connectivity index (χ0) is 22.3. The number of ether oxygens (including phenoxy) is 2. The topological polar surface area (TPSA) is 68.7 Å². The van der Waals surface area contributed by atoms with Crippen LogP contribution in [-0.4, -0.2) is 29.6 Å². The maximum absolute atomic E-state index is 14.1. The predicted octanol–water partition coefficient (Wildman–Crippen LogP) is 4.10. The van der Waals surface area contributed by atoms with Crippen molar-refractivity contribution in [1.82, 2.24) is 4.98 Å². The van der Waals surface area contributed by atoms with Crippen LogP contribution >= 0.6 is 11.3 Å². The molecule has 0 saturated heterocycles. The van der Waals surface area contributed by atoms with Crippen LogP contribution in [0.3, 0.4) is 0 Å². The van der Waals surface area contributed by atoms with Gasteiger partial charge in [0.25, 0.3) is 5.91 Å². The van der Waals surface area contributed by atoms with Gasteiger partial charge in [-0.05, 0) is 19.1 Å². The molecule has 1 aromatic heterocycles. The van der Waals surface area contributed by atoms with Crippen LogP contribution < -0.4 is 9.64 Å². The van der Waals surface area contributed by atoms with Crippen molar-refractivity contribution in [2.24, 2.45) is 0 Å². The highest BCUT2D eigenvalue weighted by molar-refractivity contribution is 7.18. The summed E-state index contributed by atoms with van der Waals surface area (Å²) in [5.41, 5.74) is -0.0261. The van der Waals surface area contributed by atoms with Gasteiger partial charge >= 0.3 is 5.97 Å². The van der Waals surface area contributed by atoms with Gasteiger partial charge in [-0.25, -0.2) is 22.5 Å². The van der Waals surface area contributed by atoms with Crippen molar-refractivity contribution in [3.63, 3.8) is 0 Å². The Bertz CT molecular complexity index is 1200. The van der Waals surface area contributed by atoms with Gasteiger partial charge in [0.1, 0.15) is 16.6 Å². The normalized spacial score (nSPS) is 15.7. The Kier molecular flexibility index (Phi) is 5.52. The standard InChI is InChI=1S/C20H14F4N2O4S/c1-2-29-16(27)7-14-20(28)26(12-5-9(21)3-4-13(12)30-14)8-15-25-11-6-10(22)17(23)18(24)19(11)31-15/h3-6,14H,2,7-8H2,1H3. The van der Waals surface area contributed by atoms with Gasteiger partial charge in [0.05, 0.1) is 35.5 Å². The summed E-state index contributed by atoms with van der Waals surface area (Å²) >= 11 is 0.732. The smallest absolute Gasteiger partial charge is 0.310 e. The van der Waals surface area contributed by atoms with E-state index in [1.54, 1.807) is 6.92 Å². The van der Waals surface area contributed by atoms with E-state index in [0.29, 0.717) is 0 Å². The van der Waals surface area contributed by atoms with Crippen LogP contribution in [0.4, 0.5) is 23.2 Å². The lowest BCUT2D eigenvalue weighted by molar-refractivity contribution is -0.147. The fourth-order valence-electron chi connectivity index (χ4n) is 3.18. The van der Waals surface area contributed by atoms with Crippen molar-refractivity contribution in [1.29, 1.82) is 0 Å². The Morgan fingerprint density at radius 1 is 1.23 bits per heavy atom.